The SMILES string of the molecule is O=C(N[C@H]1CCSc2ccccc21)c1cc2c(s1)CCC2. The third-order valence-electron chi connectivity index (χ3n) is 4.23. The molecule has 1 N–H and O–H groups in total. The van der Waals surface area contributed by atoms with Gasteiger partial charge in [0.2, 0.25) is 0 Å². The van der Waals surface area contributed by atoms with Crippen molar-refractivity contribution in [1.82, 2.24) is 5.32 Å². The zero-order chi connectivity index (χ0) is 14.2. The summed E-state index contributed by atoms with van der Waals surface area (Å²) in [5.74, 6) is 1.17. The van der Waals surface area contributed by atoms with E-state index in [0.29, 0.717) is 0 Å². The lowest BCUT2D eigenvalue weighted by Crippen LogP contribution is -2.30. The zero-order valence-electron chi connectivity index (χ0n) is 11.7. The Morgan fingerprint density at radius 2 is 2.14 bits per heavy atom. The Balaban J connectivity index is 1.54. The Hall–Kier alpha value is -1.26. The van der Waals surface area contributed by atoms with Gasteiger partial charge in [-0.3, -0.25) is 4.79 Å². The van der Waals surface area contributed by atoms with Crippen molar-refractivity contribution in [2.45, 2.75) is 36.6 Å². The predicted molar refractivity (Wildman–Crippen MR) is 88.3 cm³/mol. The molecule has 1 amide bonds. The van der Waals surface area contributed by atoms with Crippen molar-refractivity contribution in [1.29, 1.82) is 0 Å². The molecule has 108 valence electrons. The largest absolute Gasteiger partial charge is 0.344 e. The number of thioether (sulfide) groups is 1. The van der Waals surface area contributed by atoms with Crippen molar-refractivity contribution in [2.75, 3.05) is 5.75 Å². The minimum atomic E-state index is 0.0982. The highest BCUT2D eigenvalue weighted by Crippen LogP contribution is 2.36. The normalized spacial score (nSPS) is 19.9. The first-order valence-electron chi connectivity index (χ1n) is 7.45. The molecule has 0 saturated carbocycles. The van der Waals surface area contributed by atoms with Gasteiger partial charge in [0.25, 0.3) is 5.91 Å². The highest BCUT2D eigenvalue weighted by atomic mass is 32.2. The maximum Gasteiger partial charge on any atom is 0.261 e. The number of carbonyl (C=O) groups is 1. The predicted octanol–water partition coefficient (Wildman–Crippen LogP) is 4.20. The molecule has 1 aliphatic carbocycles. The molecule has 0 unspecified atom stereocenters. The van der Waals surface area contributed by atoms with Gasteiger partial charge in [-0.25, -0.2) is 0 Å². The number of aryl methyl sites for hydroxylation is 2. The lowest BCUT2D eigenvalue weighted by Gasteiger charge is -2.25. The summed E-state index contributed by atoms with van der Waals surface area (Å²) in [5.41, 5.74) is 2.66. The molecule has 4 rings (SSSR count). The summed E-state index contributed by atoms with van der Waals surface area (Å²) in [4.78, 5) is 16.1. The molecule has 0 bridgehead atoms. The van der Waals surface area contributed by atoms with Crippen LogP contribution < -0.4 is 5.32 Å². The van der Waals surface area contributed by atoms with Gasteiger partial charge >= 0.3 is 0 Å². The number of thiophene rings is 1. The van der Waals surface area contributed by atoms with Gasteiger partial charge in [-0.1, -0.05) is 18.2 Å². The first-order valence-corrected chi connectivity index (χ1v) is 9.25. The number of amides is 1. The highest BCUT2D eigenvalue weighted by Gasteiger charge is 2.24. The van der Waals surface area contributed by atoms with E-state index >= 15 is 0 Å². The molecule has 0 spiro atoms. The van der Waals surface area contributed by atoms with Crippen LogP contribution in [0.1, 0.15) is 44.6 Å². The smallest absolute Gasteiger partial charge is 0.261 e. The standard InChI is InChI=1S/C17H17NOS2/c19-17(16-10-11-4-3-7-14(11)21-16)18-13-8-9-20-15-6-2-1-5-12(13)15/h1-2,5-6,10,13H,3-4,7-9H2,(H,18,19)/t13-/m0/s1. The van der Waals surface area contributed by atoms with Crippen LogP contribution in [0.5, 0.6) is 0 Å². The van der Waals surface area contributed by atoms with Gasteiger partial charge in [0.1, 0.15) is 0 Å². The van der Waals surface area contributed by atoms with Crippen LogP contribution in [0.2, 0.25) is 0 Å². The van der Waals surface area contributed by atoms with Gasteiger partial charge in [0, 0.05) is 15.5 Å². The van der Waals surface area contributed by atoms with Gasteiger partial charge < -0.3 is 5.32 Å². The number of hydrogen-bond acceptors (Lipinski definition) is 3. The number of nitrogens with one attached hydrogen (secondary N) is 1. The topological polar surface area (TPSA) is 29.1 Å². The van der Waals surface area contributed by atoms with E-state index in [1.54, 1.807) is 11.3 Å². The van der Waals surface area contributed by atoms with E-state index in [0.717, 1.165) is 29.9 Å². The monoisotopic (exact) mass is 315 g/mol. The molecular weight excluding hydrogens is 298 g/mol. The molecule has 4 heteroatoms. The molecule has 0 radical (unpaired) electrons. The molecule has 21 heavy (non-hydrogen) atoms. The molecule has 0 fully saturated rings. The second kappa shape index (κ2) is 5.50. The number of benzene rings is 1. The first kappa shape index (κ1) is 13.4. The van der Waals surface area contributed by atoms with E-state index in [1.165, 1.54) is 27.3 Å². The Morgan fingerprint density at radius 1 is 1.24 bits per heavy atom. The molecule has 1 aliphatic heterocycles. The van der Waals surface area contributed by atoms with Crippen molar-refractivity contribution in [2.24, 2.45) is 0 Å². The first-order chi connectivity index (χ1) is 10.3. The van der Waals surface area contributed by atoms with E-state index in [1.807, 2.05) is 11.8 Å². The molecule has 2 aromatic rings. The number of rotatable bonds is 2. The van der Waals surface area contributed by atoms with Crippen LogP contribution in [0.4, 0.5) is 0 Å². The van der Waals surface area contributed by atoms with E-state index < -0.39 is 0 Å². The maximum atomic E-state index is 12.5. The Morgan fingerprint density at radius 3 is 3.05 bits per heavy atom. The highest BCUT2D eigenvalue weighted by molar-refractivity contribution is 7.99. The van der Waals surface area contributed by atoms with Crippen molar-refractivity contribution in [3.05, 3.63) is 51.2 Å². The molecular formula is C17H17NOS2. The van der Waals surface area contributed by atoms with Gasteiger partial charge in [0.05, 0.1) is 10.9 Å². The third kappa shape index (κ3) is 2.51. The fraction of sp³-hybridized carbons (Fsp3) is 0.353. The van der Waals surface area contributed by atoms with Gasteiger partial charge in [0.15, 0.2) is 0 Å². The van der Waals surface area contributed by atoms with E-state index in [9.17, 15) is 4.79 Å². The van der Waals surface area contributed by atoms with Gasteiger partial charge in [-0.15, -0.1) is 23.1 Å². The number of fused-ring (bicyclic) bond motifs is 2. The molecule has 1 aromatic carbocycles. The molecule has 2 heterocycles. The minimum Gasteiger partial charge on any atom is -0.344 e. The Bertz CT molecular complexity index is 670. The second-order valence-electron chi connectivity index (χ2n) is 5.61. The van der Waals surface area contributed by atoms with Crippen LogP contribution >= 0.6 is 23.1 Å². The number of carbonyl (C=O) groups excluding carboxylic acids is 1. The third-order valence-corrected chi connectivity index (χ3v) is 6.59. The van der Waals surface area contributed by atoms with Crippen molar-refractivity contribution in [3.8, 4) is 0 Å². The molecule has 1 atom stereocenters. The van der Waals surface area contributed by atoms with Crippen LogP contribution in [0, 0.1) is 0 Å². The summed E-state index contributed by atoms with van der Waals surface area (Å²) >= 11 is 3.57. The zero-order valence-corrected chi connectivity index (χ0v) is 13.4. The summed E-state index contributed by atoms with van der Waals surface area (Å²) in [6.07, 6.45) is 4.55. The summed E-state index contributed by atoms with van der Waals surface area (Å²) in [5, 5.41) is 3.24. The Labute approximate surface area is 133 Å². The van der Waals surface area contributed by atoms with Crippen molar-refractivity contribution in [3.63, 3.8) is 0 Å². The lowest BCUT2D eigenvalue weighted by atomic mass is 10.0. The van der Waals surface area contributed by atoms with E-state index in [2.05, 4.69) is 35.6 Å². The average molecular weight is 315 g/mol. The summed E-state index contributed by atoms with van der Waals surface area (Å²) in [6.45, 7) is 0. The fourth-order valence-corrected chi connectivity index (χ4v) is 5.44. The van der Waals surface area contributed by atoms with Crippen molar-refractivity contribution >= 4 is 29.0 Å². The quantitative estimate of drug-likeness (QED) is 0.899. The lowest BCUT2D eigenvalue weighted by molar-refractivity contribution is 0.0939. The minimum absolute atomic E-state index is 0.0982. The molecule has 1 aromatic heterocycles. The van der Waals surface area contributed by atoms with E-state index in [4.69, 9.17) is 0 Å². The molecule has 0 saturated heterocycles. The fourth-order valence-electron chi connectivity index (χ4n) is 3.16. The van der Waals surface area contributed by atoms with Crippen LogP contribution in [-0.2, 0) is 12.8 Å². The van der Waals surface area contributed by atoms with Crippen LogP contribution in [0.3, 0.4) is 0 Å². The molecule has 2 aliphatic rings. The second-order valence-corrected chi connectivity index (χ2v) is 7.89. The average Bonchev–Trinajstić information content (AvgIpc) is 3.09. The molecule has 2 nitrogen and oxygen atoms in total. The Kier molecular flexibility index (Phi) is 3.51. The van der Waals surface area contributed by atoms with Crippen LogP contribution in [0.15, 0.2) is 35.2 Å². The van der Waals surface area contributed by atoms with Crippen molar-refractivity contribution < 1.29 is 4.79 Å². The van der Waals surface area contributed by atoms with Crippen LogP contribution in [0.25, 0.3) is 0 Å². The number of hydrogen-bond donors (Lipinski definition) is 1. The van der Waals surface area contributed by atoms with E-state index in [-0.39, 0.29) is 11.9 Å². The summed E-state index contributed by atoms with van der Waals surface area (Å²) in [7, 11) is 0. The summed E-state index contributed by atoms with van der Waals surface area (Å²) in [6, 6.07) is 10.7. The van der Waals surface area contributed by atoms with Gasteiger partial charge in [-0.2, -0.15) is 0 Å². The maximum absolute atomic E-state index is 12.5. The summed E-state index contributed by atoms with van der Waals surface area (Å²) < 4.78 is 0. The van der Waals surface area contributed by atoms with Gasteiger partial charge in [-0.05, 0) is 48.9 Å². The van der Waals surface area contributed by atoms with Crippen LogP contribution in [-0.4, -0.2) is 11.7 Å².